The van der Waals surface area contributed by atoms with Crippen molar-refractivity contribution in [3.63, 3.8) is 0 Å². The van der Waals surface area contributed by atoms with Gasteiger partial charge in [-0.25, -0.2) is 8.42 Å². The molecule has 2 rings (SSSR count). The van der Waals surface area contributed by atoms with Gasteiger partial charge >= 0.3 is 0 Å². The monoisotopic (exact) mass is 326 g/mol. The summed E-state index contributed by atoms with van der Waals surface area (Å²) < 4.78 is 32.1. The van der Waals surface area contributed by atoms with Crippen LogP contribution in [0.1, 0.15) is 26.7 Å². The number of carbonyl (C=O) groups is 1. The van der Waals surface area contributed by atoms with E-state index in [0.29, 0.717) is 38.3 Å². The Morgan fingerprint density at radius 2 is 2.00 bits per heavy atom. The van der Waals surface area contributed by atoms with Crippen molar-refractivity contribution in [3.8, 4) is 5.75 Å². The van der Waals surface area contributed by atoms with Crippen molar-refractivity contribution in [2.45, 2.75) is 37.6 Å². The Morgan fingerprint density at radius 1 is 1.32 bits per heavy atom. The van der Waals surface area contributed by atoms with Crippen molar-refractivity contribution in [1.29, 1.82) is 0 Å². The Hall–Kier alpha value is -1.60. The molecule has 1 atom stereocenters. The third-order valence-corrected chi connectivity index (χ3v) is 5.52. The molecular weight excluding hydrogens is 304 g/mol. The molecule has 1 aliphatic rings. The molecule has 22 heavy (non-hydrogen) atoms. The van der Waals surface area contributed by atoms with Gasteiger partial charge in [0.15, 0.2) is 0 Å². The van der Waals surface area contributed by atoms with Crippen molar-refractivity contribution in [1.82, 2.24) is 9.62 Å². The highest BCUT2D eigenvalue weighted by Crippen LogP contribution is 2.27. The van der Waals surface area contributed by atoms with Crippen LogP contribution in [0.25, 0.3) is 0 Å². The molecule has 0 spiro atoms. The number of hydrogen-bond donors (Lipinski definition) is 1. The summed E-state index contributed by atoms with van der Waals surface area (Å²) >= 11 is 0. The second kappa shape index (κ2) is 7.11. The number of likely N-dealkylation sites (N-methyl/N-ethyl adjacent to an activating group) is 1. The predicted octanol–water partition coefficient (Wildman–Crippen LogP) is 1.37. The van der Waals surface area contributed by atoms with E-state index in [0.717, 1.165) is 0 Å². The van der Waals surface area contributed by atoms with E-state index in [1.54, 1.807) is 12.1 Å². The standard InChI is InChI=1S/C15H22N2O4S/c1-3-16-15(18)14-6-5-11-17(14)22(19,20)13-9-7-12(8-10-13)21-4-2/h7-10,14H,3-6,11H2,1-2H3,(H,16,18). The second-order valence-corrected chi connectivity index (χ2v) is 6.96. The summed E-state index contributed by atoms with van der Waals surface area (Å²) in [5.74, 6) is 0.401. The van der Waals surface area contributed by atoms with Gasteiger partial charge in [-0.2, -0.15) is 4.31 Å². The molecule has 122 valence electrons. The molecule has 1 saturated heterocycles. The number of benzene rings is 1. The highest BCUT2D eigenvalue weighted by molar-refractivity contribution is 7.89. The lowest BCUT2D eigenvalue weighted by Crippen LogP contribution is -2.45. The van der Waals surface area contributed by atoms with Gasteiger partial charge in [-0.05, 0) is 51.0 Å². The molecule has 1 amide bonds. The van der Waals surface area contributed by atoms with Crippen LogP contribution < -0.4 is 10.1 Å². The maximum absolute atomic E-state index is 12.7. The fraction of sp³-hybridized carbons (Fsp3) is 0.533. The number of nitrogens with one attached hydrogen (secondary N) is 1. The van der Waals surface area contributed by atoms with E-state index in [1.807, 2.05) is 13.8 Å². The average molecular weight is 326 g/mol. The Bertz CT molecular complexity index is 613. The summed E-state index contributed by atoms with van der Waals surface area (Å²) in [5, 5.41) is 2.70. The van der Waals surface area contributed by atoms with Gasteiger partial charge in [-0.3, -0.25) is 4.79 Å². The average Bonchev–Trinajstić information content (AvgIpc) is 2.99. The quantitative estimate of drug-likeness (QED) is 0.857. The van der Waals surface area contributed by atoms with Crippen LogP contribution >= 0.6 is 0 Å². The van der Waals surface area contributed by atoms with Crippen LogP contribution in [0.5, 0.6) is 5.75 Å². The first-order valence-corrected chi connectivity index (χ1v) is 8.97. The van der Waals surface area contributed by atoms with Crippen molar-refractivity contribution < 1.29 is 17.9 Å². The number of carbonyl (C=O) groups excluding carboxylic acids is 1. The van der Waals surface area contributed by atoms with E-state index in [1.165, 1.54) is 16.4 Å². The normalized spacial score (nSPS) is 19.1. The Labute approximate surface area is 131 Å². The van der Waals surface area contributed by atoms with Gasteiger partial charge < -0.3 is 10.1 Å². The SMILES string of the molecule is CCNC(=O)C1CCCN1S(=O)(=O)c1ccc(OCC)cc1. The molecule has 0 saturated carbocycles. The fourth-order valence-electron chi connectivity index (χ4n) is 2.59. The first kappa shape index (κ1) is 16.8. The van der Waals surface area contributed by atoms with Gasteiger partial charge in [-0.15, -0.1) is 0 Å². The smallest absolute Gasteiger partial charge is 0.243 e. The molecule has 1 aliphatic heterocycles. The molecule has 1 unspecified atom stereocenters. The Kier molecular flexibility index (Phi) is 5.42. The number of amides is 1. The number of nitrogens with zero attached hydrogens (tertiary/aromatic N) is 1. The van der Waals surface area contributed by atoms with E-state index < -0.39 is 16.1 Å². The molecule has 0 bridgehead atoms. The molecule has 6 nitrogen and oxygen atoms in total. The minimum absolute atomic E-state index is 0.187. The van der Waals surface area contributed by atoms with Gasteiger partial charge in [0, 0.05) is 13.1 Å². The van der Waals surface area contributed by atoms with Crippen LogP contribution in [0.15, 0.2) is 29.2 Å². The molecule has 7 heteroatoms. The third-order valence-electron chi connectivity index (χ3n) is 3.60. The lowest BCUT2D eigenvalue weighted by atomic mass is 10.2. The summed E-state index contributed by atoms with van der Waals surface area (Å²) in [5.41, 5.74) is 0. The fourth-order valence-corrected chi connectivity index (χ4v) is 4.25. The predicted molar refractivity (Wildman–Crippen MR) is 83.2 cm³/mol. The minimum Gasteiger partial charge on any atom is -0.494 e. The van der Waals surface area contributed by atoms with Crippen LogP contribution in [0.4, 0.5) is 0 Å². The largest absolute Gasteiger partial charge is 0.494 e. The molecular formula is C15H22N2O4S. The van der Waals surface area contributed by atoms with E-state index in [-0.39, 0.29) is 10.8 Å². The summed E-state index contributed by atoms with van der Waals surface area (Å²) in [6.07, 6.45) is 1.25. The summed E-state index contributed by atoms with van der Waals surface area (Å²) in [7, 11) is -3.67. The van der Waals surface area contributed by atoms with Crippen LogP contribution in [0, 0.1) is 0 Å². The number of rotatable bonds is 6. The molecule has 1 heterocycles. The maximum Gasteiger partial charge on any atom is 0.243 e. The van der Waals surface area contributed by atoms with E-state index in [4.69, 9.17) is 4.74 Å². The van der Waals surface area contributed by atoms with Crippen molar-refractivity contribution >= 4 is 15.9 Å². The highest BCUT2D eigenvalue weighted by Gasteiger charge is 2.39. The Balaban J connectivity index is 2.23. The summed E-state index contributed by atoms with van der Waals surface area (Å²) in [6, 6.07) is 5.69. The van der Waals surface area contributed by atoms with Crippen molar-refractivity contribution in [2.24, 2.45) is 0 Å². The van der Waals surface area contributed by atoms with Gasteiger partial charge in [0.25, 0.3) is 0 Å². The zero-order valence-corrected chi connectivity index (χ0v) is 13.7. The highest BCUT2D eigenvalue weighted by atomic mass is 32.2. The molecule has 0 aromatic heterocycles. The summed E-state index contributed by atoms with van der Waals surface area (Å²) in [6.45, 7) is 5.07. The van der Waals surface area contributed by atoms with Crippen LogP contribution in [0.3, 0.4) is 0 Å². The third kappa shape index (κ3) is 3.41. The number of sulfonamides is 1. The second-order valence-electron chi connectivity index (χ2n) is 5.07. The topological polar surface area (TPSA) is 75.7 Å². The zero-order valence-electron chi connectivity index (χ0n) is 12.9. The molecule has 0 radical (unpaired) electrons. The maximum atomic E-state index is 12.7. The van der Waals surface area contributed by atoms with Crippen LogP contribution in [-0.2, 0) is 14.8 Å². The van der Waals surface area contributed by atoms with Gasteiger partial charge in [-0.1, -0.05) is 0 Å². The van der Waals surface area contributed by atoms with Crippen LogP contribution in [-0.4, -0.2) is 44.4 Å². The zero-order chi connectivity index (χ0) is 16.2. The molecule has 1 fully saturated rings. The number of ether oxygens (including phenoxy) is 1. The van der Waals surface area contributed by atoms with Crippen molar-refractivity contribution in [3.05, 3.63) is 24.3 Å². The first-order valence-electron chi connectivity index (χ1n) is 7.53. The van der Waals surface area contributed by atoms with Gasteiger partial charge in [0.1, 0.15) is 11.8 Å². The van der Waals surface area contributed by atoms with Crippen molar-refractivity contribution in [2.75, 3.05) is 19.7 Å². The number of hydrogen-bond acceptors (Lipinski definition) is 4. The lowest BCUT2D eigenvalue weighted by molar-refractivity contribution is -0.124. The van der Waals surface area contributed by atoms with E-state index in [9.17, 15) is 13.2 Å². The van der Waals surface area contributed by atoms with Crippen LogP contribution in [0.2, 0.25) is 0 Å². The molecule has 1 N–H and O–H groups in total. The minimum atomic E-state index is -3.67. The molecule has 1 aromatic rings. The first-order chi connectivity index (χ1) is 10.5. The molecule has 0 aliphatic carbocycles. The summed E-state index contributed by atoms with van der Waals surface area (Å²) in [4.78, 5) is 12.2. The Morgan fingerprint density at radius 3 is 2.59 bits per heavy atom. The lowest BCUT2D eigenvalue weighted by Gasteiger charge is -2.23. The van der Waals surface area contributed by atoms with E-state index >= 15 is 0 Å². The van der Waals surface area contributed by atoms with Gasteiger partial charge in [0.2, 0.25) is 15.9 Å². The van der Waals surface area contributed by atoms with Gasteiger partial charge in [0.05, 0.1) is 11.5 Å². The molecule has 1 aromatic carbocycles. The van der Waals surface area contributed by atoms with E-state index in [2.05, 4.69) is 5.32 Å².